The van der Waals surface area contributed by atoms with Gasteiger partial charge in [0.1, 0.15) is 18.3 Å². The summed E-state index contributed by atoms with van der Waals surface area (Å²) in [6, 6.07) is 20.1. The van der Waals surface area contributed by atoms with Crippen molar-refractivity contribution in [1.29, 1.82) is 0 Å². The second-order valence-corrected chi connectivity index (χ2v) is 9.25. The second-order valence-electron chi connectivity index (χ2n) is 9.25. The number of hydrogen-bond acceptors (Lipinski definition) is 10. The third-order valence-electron chi connectivity index (χ3n) is 6.72. The molecule has 1 amide bonds. The molecule has 7 N–H and O–H groups in total. The minimum atomic E-state index is -1.35. The van der Waals surface area contributed by atoms with Gasteiger partial charge in [-0.2, -0.15) is 0 Å². The first-order chi connectivity index (χ1) is 19.0. The molecule has 12 heteroatoms. The van der Waals surface area contributed by atoms with Crippen LogP contribution < -0.4 is 16.4 Å². The number of carbonyl (C=O) groups excluding carboxylic acids is 1. The topological polar surface area (TPSA) is 181 Å². The zero-order chi connectivity index (χ0) is 27.4. The molecule has 0 aliphatic carbocycles. The Labute approximate surface area is 224 Å². The first kappa shape index (κ1) is 26.7. The summed E-state index contributed by atoms with van der Waals surface area (Å²) in [6.07, 6.45) is -3.31. The summed E-state index contributed by atoms with van der Waals surface area (Å²) in [5.74, 6) is -0.361. The van der Waals surface area contributed by atoms with Crippen molar-refractivity contribution >= 4 is 22.9 Å². The summed E-state index contributed by atoms with van der Waals surface area (Å²) in [5, 5.41) is 36.4. The first-order valence-corrected chi connectivity index (χ1v) is 12.7. The van der Waals surface area contributed by atoms with Gasteiger partial charge in [0.05, 0.1) is 12.9 Å². The molecule has 1 aliphatic rings. The van der Waals surface area contributed by atoms with Gasteiger partial charge in [-0.15, -0.1) is 0 Å². The fraction of sp³-hybridized carbons (Fsp3) is 0.333. The Morgan fingerprint density at radius 3 is 2.28 bits per heavy atom. The lowest BCUT2D eigenvalue weighted by atomic mass is 9.91. The zero-order valence-electron chi connectivity index (χ0n) is 21.1. The number of aromatic nitrogens is 4. The lowest BCUT2D eigenvalue weighted by Crippen LogP contribution is -2.33. The lowest BCUT2D eigenvalue weighted by Gasteiger charge is -2.20. The van der Waals surface area contributed by atoms with Gasteiger partial charge in [0.15, 0.2) is 23.2 Å². The fourth-order valence-electron chi connectivity index (χ4n) is 4.70. The summed E-state index contributed by atoms with van der Waals surface area (Å²) in [5.41, 5.74) is 8.30. The number of benzene rings is 2. The largest absolute Gasteiger partial charge is 0.394 e. The van der Waals surface area contributed by atoms with Crippen LogP contribution in [0.1, 0.15) is 33.9 Å². The molecule has 12 nitrogen and oxygen atoms in total. The van der Waals surface area contributed by atoms with Gasteiger partial charge < -0.3 is 36.4 Å². The minimum Gasteiger partial charge on any atom is -0.394 e. The van der Waals surface area contributed by atoms with Gasteiger partial charge >= 0.3 is 0 Å². The molecule has 0 spiro atoms. The Morgan fingerprint density at radius 1 is 1.03 bits per heavy atom. The van der Waals surface area contributed by atoms with Crippen LogP contribution in [0.25, 0.3) is 11.2 Å². The third kappa shape index (κ3) is 5.46. The number of hydrogen-bond donors (Lipinski definition) is 6. The number of amides is 1. The molecule has 0 unspecified atom stereocenters. The number of anilines is 1. The van der Waals surface area contributed by atoms with E-state index in [1.165, 1.54) is 10.9 Å². The van der Waals surface area contributed by atoms with Crippen LogP contribution in [0.2, 0.25) is 0 Å². The van der Waals surface area contributed by atoms with Gasteiger partial charge in [0.25, 0.3) is 5.91 Å². The number of rotatable bonds is 10. The molecule has 3 heterocycles. The number of aliphatic hydroxyl groups excluding tert-OH is 3. The monoisotopic (exact) mass is 533 g/mol. The quantitative estimate of drug-likeness (QED) is 0.167. The van der Waals surface area contributed by atoms with Crippen LogP contribution in [0.4, 0.5) is 5.82 Å². The van der Waals surface area contributed by atoms with E-state index in [0.717, 1.165) is 11.1 Å². The van der Waals surface area contributed by atoms with Crippen molar-refractivity contribution in [3.05, 3.63) is 83.9 Å². The lowest BCUT2D eigenvalue weighted by molar-refractivity contribution is -0.0511. The average Bonchev–Trinajstić information content (AvgIpc) is 3.53. The molecule has 2 aromatic carbocycles. The molecule has 2 aromatic heterocycles. The summed E-state index contributed by atoms with van der Waals surface area (Å²) >= 11 is 0. The molecule has 4 atom stereocenters. The molecule has 4 aromatic rings. The Balaban J connectivity index is 1.53. The van der Waals surface area contributed by atoms with Crippen LogP contribution in [-0.2, 0) is 4.74 Å². The third-order valence-corrected chi connectivity index (χ3v) is 6.72. The number of fused-ring (bicyclic) bond motifs is 1. The molecule has 1 fully saturated rings. The number of carbonyl (C=O) groups is 1. The summed E-state index contributed by atoms with van der Waals surface area (Å²) < 4.78 is 7.11. The summed E-state index contributed by atoms with van der Waals surface area (Å²) in [7, 11) is 0. The van der Waals surface area contributed by atoms with E-state index in [0.29, 0.717) is 17.9 Å². The summed E-state index contributed by atoms with van der Waals surface area (Å²) in [6.45, 7) is 0.442. The SMILES string of the molecule is NCCNC(=O)c1nc(NCC(c2ccccc2)c2ccccc2)c2ncn([C@@H]3O[C@@H](CO)[C@@H](O)[C@H]3O)c2n1. The van der Waals surface area contributed by atoms with Gasteiger partial charge in [0.2, 0.25) is 5.82 Å². The Kier molecular flexibility index (Phi) is 8.10. The van der Waals surface area contributed by atoms with Crippen molar-refractivity contribution in [2.45, 2.75) is 30.5 Å². The van der Waals surface area contributed by atoms with Crippen LogP contribution in [0.5, 0.6) is 0 Å². The van der Waals surface area contributed by atoms with Crippen LogP contribution in [0.3, 0.4) is 0 Å². The van der Waals surface area contributed by atoms with Gasteiger partial charge in [-0.25, -0.2) is 15.0 Å². The van der Waals surface area contributed by atoms with E-state index < -0.39 is 37.1 Å². The molecule has 39 heavy (non-hydrogen) atoms. The van der Waals surface area contributed by atoms with Crippen molar-refractivity contribution in [3.8, 4) is 0 Å². The maximum absolute atomic E-state index is 12.8. The highest BCUT2D eigenvalue weighted by atomic mass is 16.6. The van der Waals surface area contributed by atoms with E-state index in [2.05, 4.69) is 49.9 Å². The van der Waals surface area contributed by atoms with Crippen molar-refractivity contribution in [2.24, 2.45) is 5.73 Å². The highest BCUT2D eigenvalue weighted by Crippen LogP contribution is 2.33. The predicted octanol–water partition coefficient (Wildman–Crippen LogP) is 0.370. The second kappa shape index (κ2) is 11.8. The van der Waals surface area contributed by atoms with Gasteiger partial charge in [-0.1, -0.05) is 60.7 Å². The van der Waals surface area contributed by atoms with Crippen LogP contribution in [-0.4, -0.2) is 85.3 Å². The predicted molar refractivity (Wildman–Crippen MR) is 143 cm³/mol. The van der Waals surface area contributed by atoms with E-state index in [1.54, 1.807) is 0 Å². The van der Waals surface area contributed by atoms with E-state index in [4.69, 9.17) is 10.5 Å². The number of nitrogens with one attached hydrogen (secondary N) is 2. The van der Waals surface area contributed by atoms with Gasteiger partial charge in [-0.3, -0.25) is 9.36 Å². The number of nitrogens with two attached hydrogens (primary N) is 1. The molecular weight excluding hydrogens is 502 g/mol. The molecule has 0 bridgehead atoms. The zero-order valence-corrected chi connectivity index (χ0v) is 21.1. The maximum atomic E-state index is 12.8. The molecule has 1 saturated heterocycles. The smallest absolute Gasteiger partial charge is 0.289 e. The van der Waals surface area contributed by atoms with Gasteiger partial charge in [-0.05, 0) is 11.1 Å². The van der Waals surface area contributed by atoms with E-state index in [-0.39, 0.29) is 30.5 Å². The number of aliphatic hydroxyl groups is 3. The average molecular weight is 534 g/mol. The fourth-order valence-corrected chi connectivity index (χ4v) is 4.70. The number of nitrogens with zero attached hydrogens (tertiary/aromatic N) is 4. The van der Waals surface area contributed by atoms with Crippen molar-refractivity contribution in [3.63, 3.8) is 0 Å². The van der Waals surface area contributed by atoms with E-state index in [1.807, 2.05) is 36.4 Å². The molecule has 5 rings (SSSR count). The molecular formula is C27H31N7O5. The van der Waals surface area contributed by atoms with Crippen molar-refractivity contribution < 1.29 is 24.9 Å². The van der Waals surface area contributed by atoms with Crippen LogP contribution >= 0.6 is 0 Å². The number of ether oxygens (including phenoxy) is 1. The van der Waals surface area contributed by atoms with Gasteiger partial charge in [0, 0.05) is 25.6 Å². The molecule has 204 valence electrons. The van der Waals surface area contributed by atoms with Crippen molar-refractivity contribution in [2.75, 3.05) is 31.6 Å². The molecule has 0 radical (unpaired) electrons. The molecule has 1 aliphatic heterocycles. The highest BCUT2D eigenvalue weighted by Gasteiger charge is 2.44. The Hall–Kier alpha value is -3.94. The minimum absolute atomic E-state index is 0.0329. The highest BCUT2D eigenvalue weighted by molar-refractivity contribution is 5.94. The van der Waals surface area contributed by atoms with Crippen LogP contribution in [0.15, 0.2) is 67.0 Å². The first-order valence-electron chi connectivity index (χ1n) is 12.7. The normalized spacial score (nSPS) is 20.9. The Morgan fingerprint density at radius 2 is 1.69 bits per heavy atom. The maximum Gasteiger partial charge on any atom is 0.289 e. The van der Waals surface area contributed by atoms with E-state index >= 15 is 0 Å². The molecule has 0 saturated carbocycles. The number of imidazole rings is 1. The van der Waals surface area contributed by atoms with Crippen LogP contribution in [0, 0.1) is 0 Å². The van der Waals surface area contributed by atoms with E-state index in [9.17, 15) is 20.1 Å². The standard InChI is InChI=1S/C27H31N7O5/c28-11-12-29-26(38)24-32-23(30-13-18(16-7-3-1-4-8-16)17-9-5-2-6-10-17)20-25(33-24)34(15-31-20)27-22(37)21(36)19(14-35)39-27/h1-10,15,18-19,21-22,27,35-37H,11-14,28H2,(H,29,38)(H,30,32,33)/t19-,21+,22+,27+/m0/s1. The summed E-state index contributed by atoms with van der Waals surface area (Å²) in [4.78, 5) is 26.2. The van der Waals surface area contributed by atoms with Crippen molar-refractivity contribution in [1.82, 2.24) is 24.8 Å². The Bertz CT molecular complexity index is 1360.